The maximum absolute atomic E-state index is 11.3. The summed E-state index contributed by atoms with van der Waals surface area (Å²) in [6, 6.07) is 4.80. The predicted octanol–water partition coefficient (Wildman–Crippen LogP) is 2.46. The highest BCUT2D eigenvalue weighted by atomic mass is 16.6. The summed E-state index contributed by atoms with van der Waals surface area (Å²) in [5.74, 6) is -0.648. The minimum atomic E-state index is -0.648. The van der Waals surface area contributed by atoms with Crippen molar-refractivity contribution in [2.75, 3.05) is 11.4 Å². The summed E-state index contributed by atoms with van der Waals surface area (Å²) in [6.45, 7) is 2.90. The number of carbonyl (C=O) groups is 1. The molecule has 1 aromatic rings. The first-order valence-corrected chi connectivity index (χ1v) is 6.89. The largest absolute Gasteiger partial charge is 0.366 e. The Morgan fingerprint density at radius 3 is 2.85 bits per heavy atom. The number of hydrogen-bond acceptors (Lipinski definition) is 4. The quantitative estimate of drug-likeness (QED) is 0.676. The van der Waals surface area contributed by atoms with Crippen LogP contribution >= 0.6 is 0 Å². The van der Waals surface area contributed by atoms with E-state index in [0.29, 0.717) is 11.7 Å². The van der Waals surface area contributed by atoms with Gasteiger partial charge in [0.2, 0.25) is 5.91 Å². The van der Waals surface area contributed by atoms with Crippen molar-refractivity contribution < 1.29 is 9.72 Å². The lowest BCUT2D eigenvalue weighted by Crippen LogP contribution is -2.39. The topological polar surface area (TPSA) is 89.5 Å². The van der Waals surface area contributed by atoms with Crippen molar-refractivity contribution in [1.82, 2.24) is 0 Å². The molecule has 0 aliphatic carbocycles. The highest BCUT2D eigenvalue weighted by Crippen LogP contribution is 2.34. The third-order valence-electron chi connectivity index (χ3n) is 3.86. The van der Waals surface area contributed by atoms with Gasteiger partial charge in [0.05, 0.1) is 4.92 Å². The molecule has 1 aliphatic heterocycles. The van der Waals surface area contributed by atoms with E-state index in [1.165, 1.54) is 6.07 Å². The number of hydrogen-bond donors (Lipinski definition) is 1. The van der Waals surface area contributed by atoms with Crippen LogP contribution in [0.5, 0.6) is 0 Å². The first-order chi connectivity index (χ1) is 9.54. The van der Waals surface area contributed by atoms with E-state index >= 15 is 0 Å². The molecule has 0 aromatic heterocycles. The van der Waals surface area contributed by atoms with Crippen LogP contribution in [0.4, 0.5) is 11.4 Å². The van der Waals surface area contributed by atoms with E-state index in [2.05, 4.69) is 11.8 Å². The summed E-state index contributed by atoms with van der Waals surface area (Å²) in [5.41, 5.74) is 5.91. The number of amides is 1. The molecule has 0 bridgehead atoms. The average molecular weight is 277 g/mol. The molecule has 108 valence electrons. The average Bonchev–Trinajstić information content (AvgIpc) is 2.46. The Bertz CT molecular complexity index is 530. The van der Waals surface area contributed by atoms with Crippen LogP contribution in [0.25, 0.3) is 0 Å². The molecule has 1 aliphatic rings. The van der Waals surface area contributed by atoms with Gasteiger partial charge in [-0.15, -0.1) is 0 Å². The fourth-order valence-electron chi connectivity index (χ4n) is 2.81. The van der Waals surface area contributed by atoms with Crippen LogP contribution < -0.4 is 10.6 Å². The number of primary amides is 1. The summed E-state index contributed by atoms with van der Waals surface area (Å²) in [6.07, 6.45) is 4.19. The van der Waals surface area contributed by atoms with Crippen LogP contribution in [-0.4, -0.2) is 23.4 Å². The number of nitrogens with two attached hydrogens (primary N) is 1. The van der Waals surface area contributed by atoms with Crippen LogP contribution in [0, 0.1) is 10.1 Å². The third kappa shape index (κ3) is 2.74. The van der Waals surface area contributed by atoms with Crippen LogP contribution in [0.1, 0.15) is 43.0 Å². The van der Waals surface area contributed by atoms with E-state index in [9.17, 15) is 14.9 Å². The number of nitro benzene ring substituents is 1. The molecule has 1 heterocycles. The molecule has 1 fully saturated rings. The minimum Gasteiger partial charge on any atom is -0.366 e. The molecule has 1 atom stereocenters. The van der Waals surface area contributed by atoms with Gasteiger partial charge in [0.25, 0.3) is 5.69 Å². The van der Waals surface area contributed by atoms with Gasteiger partial charge < -0.3 is 10.6 Å². The number of nitro groups is 1. The molecule has 0 saturated carbocycles. The minimum absolute atomic E-state index is 0.0401. The zero-order chi connectivity index (χ0) is 14.7. The van der Waals surface area contributed by atoms with E-state index in [1.54, 1.807) is 12.1 Å². The van der Waals surface area contributed by atoms with Gasteiger partial charge in [-0.2, -0.15) is 0 Å². The lowest BCUT2D eigenvalue weighted by molar-refractivity contribution is -0.384. The molecule has 0 radical (unpaired) electrons. The highest BCUT2D eigenvalue weighted by Gasteiger charge is 2.27. The lowest BCUT2D eigenvalue weighted by atomic mass is 9.98. The van der Waals surface area contributed by atoms with Gasteiger partial charge in [-0.1, -0.05) is 6.92 Å². The maximum atomic E-state index is 11.3. The maximum Gasteiger partial charge on any atom is 0.293 e. The van der Waals surface area contributed by atoms with Gasteiger partial charge in [-0.3, -0.25) is 14.9 Å². The van der Waals surface area contributed by atoms with Crippen molar-refractivity contribution in [2.24, 2.45) is 5.73 Å². The molecule has 20 heavy (non-hydrogen) atoms. The third-order valence-corrected chi connectivity index (χ3v) is 3.86. The Balaban J connectivity index is 2.44. The van der Waals surface area contributed by atoms with E-state index in [0.717, 1.165) is 32.2 Å². The number of rotatable bonds is 4. The SMILES string of the molecule is CC[C@H]1CCCCN1c1ccc(C(N)=O)cc1[N+](=O)[O-]. The summed E-state index contributed by atoms with van der Waals surface area (Å²) >= 11 is 0. The molecular weight excluding hydrogens is 258 g/mol. The number of carbonyl (C=O) groups excluding carboxylic acids is 1. The van der Waals surface area contributed by atoms with Crippen molar-refractivity contribution in [1.29, 1.82) is 0 Å². The van der Waals surface area contributed by atoms with Gasteiger partial charge in [-0.05, 0) is 37.8 Å². The summed E-state index contributed by atoms with van der Waals surface area (Å²) in [4.78, 5) is 24.1. The zero-order valence-corrected chi connectivity index (χ0v) is 11.5. The van der Waals surface area contributed by atoms with Crippen molar-refractivity contribution in [3.05, 3.63) is 33.9 Å². The number of anilines is 1. The molecule has 6 heteroatoms. The predicted molar refractivity (Wildman–Crippen MR) is 76.9 cm³/mol. The number of benzene rings is 1. The number of nitrogens with zero attached hydrogens (tertiary/aromatic N) is 2. The van der Waals surface area contributed by atoms with Gasteiger partial charge in [0.1, 0.15) is 5.69 Å². The van der Waals surface area contributed by atoms with E-state index < -0.39 is 10.8 Å². The van der Waals surface area contributed by atoms with Crippen molar-refractivity contribution in [3.63, 3.8) is 0 Å². The van der Waals surface area contributed by atoms with Crippen molar-refractivity contribution in [3.8, 4) is 0 Å². The molecule has 1 amide bonds. The Kier molecular flexibility index (Phi) is 4.22. The Labute approximate surface area is 117 Å². The molecule has 0 spiro atoms. The monoisotopic (exact) mass is 277 g/mol. The first kappa shape index (κ1) is 14.3. The molecular formula is C14H19N3O3. The fraction of sp³-hybridized carbons (Fsp3) is 0.500. The lowest BCUT2D eigenvalue weighted by Gasteiger charge is -2.36. The second-order valence-corrected chi connectivity index (χ2v) is 5.08. The Hall–Kier alpha value is -2.11. The second kappa shape index (κ2) is 5.90. The Morgan fingerprint density at radius 1 is 1.50 bits per heavy atom. The van der Waals surface area contributed by atoms with E-state index in [1.807, 2.05) is 0 Å². The summed E-state index contributed by atoms with van der Waals surface area (Å²) in [7, 11) is 0. The van der Waals surface area contributed by atoms with Crippen LogP contribution in [0.2, 0.25) is 0 Å². The highest BCUT2D eigenvalue weighted by molar-refractivity contribution is 5.94. The summed E-state index contributed by atoms with van der Waals surface area (Å²) in [5, 5.41) is 11.3. The van der Waals surface area contributed by atoms with Crippen LogP contribution in [0.15, 0.2) is 18.2 Å². The van der Waals surface area contributed by atoms with Gasteiger partial charge >= 0.3 is 0 Å². The normalized spacial score (nSPS) is 18.9. The van der Waals surface area contributed by atoms with E-state index in [-0.39, 0.29) is 11.3 Å². The van der Waals surface area contributed by atoms with E-state index in [4.69, 9.17) is 5.73 Å². The standard InChI is InChI=1S/C14H19N3O3/c1-2-11-5-3-4-8-16(11)12-7-6-10(14(15)18)9-13(12)17(19)20/h6-7,9,11H,2-5,8H2,1H3,(H2,15,18)/t11-/m0/s1. The van der Waals surface area contributed by atoms with Gasteiger partial charge in [0.15, 0.2) is 0 Å². The molecule has 1 aromatic carbocycles. The molecule has 1 saturated heterocycles. The molecule has 6 nitrogen and oxygen atoms in total. The number of piperidine rings is 1. The van der Waals surface area contributed by atoms with Gasteiger partial charge in [-0.25, -0.2) is 0 Å². The van der Waals surface area contributed by atoms with Crippen molar-refractivity contribution >= 4 is 17.3 Å². The molecule has 0 unspecified atom stereocenters. The van der Waals surface area contributed by atoms with Crippen LogP contribution in [0.3, 0.4) is 0 Å². The zero-order valence-electron chi connectivity index (χ0n) is 11.5. The Morgan fingerprint density at radius 2 is 2.25 bits per heavy atom. The second-order valence-electron chi connectivity index (χ2n) is 5.08. The summed E-state index contributed by atoms with van der Waals surface area (Å²) < 4.78 is 0. The van der Waals surface area contributed by atoms with Gasteiger partial charge in [0, 0.05) is 24.2 Å². The fourth-order valence-corrected chi connectivity index (χ4v) is 2.81. The molecule has 2 rings (SSSR count). The van der Waals surface area contributed by atoms with Crippen molar-refractivity contribution in [2.45, 2.75) is 38.6 Å². The first-order valence-electron chi connectivity index (χ1n) is 6.89. The smallest absolute Gasteiger partial charge is 0.293 e. The molecule has 2 N–H and O–H groups in total. The van der Waals surface area contributed by atoms with Crippen LogP contribution in [-0.2, 0) is 0 Å².